The first-order valence-electron chi connectivity index (χ1n) is 10.8. The van der Waals surface area contributed by atoms with Crippen molar-refractivity contribution in [2.45, 2.75) is 25.3 Å². The summed E-state index contributed by atoms with van der Waals surface area (Å²) in [5, 5.41) is 6.13. The summed E-state index contributed by atoms with van der Waals surface area (Å²) in [5.41, 5.74) is 6.62. The third-order valence-corrected chi connectivity index (χ3v) is 6.20. The number of benzene rings is 3. The van der Waals surface area contributed by atoms with Gasteiger partial charge in [-0.1, -0.05) is 48.5 Å². The van der Waals surface area contributed by atoms with Gasteiger partial charge in [0.05, 0.1) is 0 Å². The minimum atomic E-state index is -0.0803. The van der Waals surface area contributed by atoms with Crippen LogP contribution in [0.3, 0.4) is 0 Å². The summed E-state index contributed by atoms with van der Waals surface area (Å²) in [6.07, 6.45) is 2.42. The van der Waals surface area contributed by atoms with Gasteiger partial charge >= 0.3 is 6.03 Å². The number of likely N-dealkylation sites (tertiary alicyclic amines) is 1. The third kappa shape index (κ3) is 4.04. The van der Waals surface area contributed by atoms with Crippen molar-refractivity contribution in [2.24, 2.45) is 0 Å². The molecule has 5 nitrogen and oxygen atoms in total. The SMILES string of the molecule is O=C(NC1CCN(C(=O)Nc2ccc3c(c2)Cc2ccccc2-3)CC1)c1ccccc1. The number of hydrogen-bond acceptors (Lipinski definition) is 2. The van der Waals surface area contributed by atoms with Crippen molar-refractivity contribution < 1.29 is 9.59 Å². The molecule has 0 atom stereocenters. The van der Waals surface area contributed by atoms with Crippen LogP contribution >= 0.6 is 0 Å². The Bertz CT molecular complexity index is 1120. The van der Waals surface area contributed by atoms with Gasteiger partial charge in [-0.15, -0.1) is 0 Å². The highest BCUT2D eigenvalue weighted by Gasteiger charge is 2.25. The van der Waals surface area contributed by atoms with Crippen LogP contribution in [0.1, 0.15) is 34.3 Å². The zero-order chi connectivity index (χ0) is 21.2. The molecule has 1 saturated heterocycles. The Balaban J connectivity index is 1.16. The average molecular weight is 412 g/mol. The van der Waals surface area contributed by atoms with Gasteiger partial charge in [-0.2, -0.15) is 0 Å². The van der Waals surface area contributed by atoms with E-state index in [1.807, 2.05) is 41.3 Å². The van der Waals surface area contributed by atoms with E-state index in [4.69, 9.17) is 0 Å². The fourth-order valence-electron chi connectivity index (χ4n) is 4.51. The Morgan fingerprint density at radius 3 is 2.32 bits per heavy atom. The van der Waals surface area contributed by atoms with Crippen molar-refractivity contribution in [3.8, 4) is 11.1 Å². The number of hydrogen-bond donors (Lipinski definition) is 2. The molecule has 1 heterocycles. The molecule has 156 valence electrons. The highest BCUT2D eigenvalue weighted by atomic mass is 16.2. The van der Waals surface area contributed by atoms with E-state index in [9.17, 15) is 9.59 Å². The summed E-state index contributed by atoms with van der Waals surface area (Å²) in [7, 11) is 0. The monoisotopic (exact) mass is 411 g/mol. The van der Waals surface area contributed by atoms with Gasteiger partial charge in [0.15, 0.2) is 0 Å². The molecule has 0 unspecified atom stereocenters. The van der Waals surface area contributed by atoms with Crippen LogP contribution in [-0.2, 0) is 6.42 Å². The predicted molar refractivity (Wildman–Crippen MR) is 122 cm³/mol. The van der Waals surface area contributed by atoms with Gasteiger partial charge in [-0.3, -0.25) is 4.79 Å². The van der Waals surface area contributed by atoms with Crippen LogP contribution in [-0.4, -0.2) is 36.0 Å². The Labute approximate surface area is 182 Å². The van der Waals surface area contributed by atoms with E-state index in [1.54, 1.807) is 0 Å². The minimum Gasteiger partial charge on any atom is -0.349 e. The first-order chi connectivity index (χ1) is 15.2. The number of urea groups is 1. The second-order valence-corrected chi connectivity index (χ2v) is 8.24. The number of anilines is 1. The molecule has 0 aromatic heterocycles. The van der Waals surface area contributed by atoms with Crippen molar-refractivity contribution >= 4 is 17.6 Å². The minimum absolute atomic E-state index is 0.0531. The molecule has 3 amide bonds. The van der Waals surface area contributed by atoms with Crippen LogP contribution in [0.4, 0.5) is 10.5 Å². The molecule has 2 aliphatic rings. The number of carbonyl (C=O) groups excluding carboxylic acids is 2. The van der Waals surface area contributed by atoms with Crippen LogP contribution < -0.4 is 10.6 Å². The maximum atomic E-state index is 12.8. The lowest BCUT2D eigenvalue weighted by Crippen LogP contribution is -2.47. The molecule has 0 spiro atoms. The summed E-state index contributed by atoms with van der Waals surface area (Å²) in [6.45, 7) is 1.25. The number of nitrogens with zero attached hydrogens (tertiary/aromatic N) is 1. The molecule has 31 heavy (non-hydrogen) atoms. The zero-order valence-corrected chi connectivity index (χ0v) is 17.3. The molecule has 5 heteroatoms. The Hall–Kier alpha value is -3.60. The first-order valence-corrected chi connectivity index (χ1v) is 10.8. The van der Waals surface area contributed by atoms with Crippen LogP contribution in [0.2, 0.25) is 0 Å². The molecular weight excluding hydrogens is 386 g/mol. The lowest BCUT2D eigenvalue weighted by Gasteiger charge is -2.32. The molecule has 0 saturated carbocycles. The summed E-state index contributed by atoms with van der Waals surface area (Å²) < 4.78 is 0. The van der Waals surface area contributed by atoms with Crippen molar-refractivity contribution in [3.05, 3.63) is 89.5 Å². The largest absolute Gasteiger partial charge is 0.349 e. The highest BCUT2D eigenvalue weighted by Crippen LogP contribution is 2.37. The van der Waals surface area contributed by atoms with E-state index in [0.717, 1.165) is 24.9 Å². The topological polar surface area (TPSA) is 61.4 Å². The van der Waals surface area contributed by atoms with E-state index in [0.29, 0.717) is 18.7 Å². The van der Waals surface area contributed by atoms with Gasteiger partial charge in [0.1, 0.15) is 0 Å². The van der Waals surface area contributed by atoms with Gasteiger partial charge in [0.25, 0.3) is 5.91 Å². The number of piperidine rings is 1. The van der Waals surface area contributed by atoms with Gasteiger partial charge in [-0.05, 0) is 65.8 Å². The molecule has 1 fully saturated rings. The summed E-state index contributed by atoms with van der Waals surface area (Å²) in [5.74, 6) is -0.0531. The number of amides is 3. The first kappa shape index (κ1) is 19.4. The third-order valence-electron chi connectivity index (χ3n) is 6.20. The number of rotatable bonds is 3. The summed E-state index contributed by atoms with van der Waals surface area (Å²) >= 11 is 0. The standard InChI is InChI=1S/C26H25N3O2/c30-25(18-6-2-1-3-7-18)27-21-12-14-29(15-13-21)26(31)28-22-10-11-24-20(17-22)16-19-8-4-5-9-23(19)24/h1-11,17,21H,12-16H2,(H,27,30)(H,28,31). The zero-order valence-electron chi connectivity index (χ0n) is 17.3. The van der Waals surface area contributed by atoms with Crippen LogP contribution in [0.25, 0.3) is 11.1 Å². The van der Waals surface area contributed by atoms with Crippen molar-refractivity contribution in [2.75, 3.05) is 18.4 Å². The number of nitrogens with one attached hydrogen (secondary N) is 2. The van der Waals surface area contributed by atoms with Crippen LogP contribution in [0, 0.1) is 0 Å². The van der Waals surface area contributed by atoms with E-state index in [1.165, 1.54) is 22.3 Å². The quantitative estimate of drug-likeness (QED) is 0.514. The molecule has 1 aliphatic carbocycles. The molecule has 0 bridgehead atoms. The maximum Gasteiger partial charge on any atom is 0.321 e. The maximum absolute atomic E-state index is 12.8. The predicted octanol–water partition coefficient (Wildman–Crippen LogP) is 4.68. The van der Waals surface area contributed by atoms with Crippen LogP contribution in [0.5, 0.6) is 0 Å². The lowest BCUT2D eigenvalue weighted by atomic mass is 10.0. The van der Waals surface area contributed by atoms with E-state index in [-0.39, 0.29) is 18.0 Å². The number of carbonyl (C=O) groups is 2. The lowest BCUT2D eigenvalue weighted by molar-refractivity contribution is 0.0919. The Morgan fingerprint density at radius 1 is 0.806 bits per heavy atom. The van der Waals surface area contributed by atoms with E-state index in [2.05, 4.69) is 47.0 Å². The van der Waals surface area contributed by atoms with Gasteiger partial charge in [0.2, 0.25) is 0 Å². The van der Waals surface area contributed by atoms with Crippen LogP contribution in [0.15, 0.2) is 72.8 Å². The second kappa shape index (κ2) is 8.26. The molecule has 3 aromatic rings. The fourth-order valence-corrected chi connectivity index (χ4v) is 4.51. The molecule has 0 radical (unpaired) electrons. The average Bonchev–Trinajstić information content (AvgIpc) is 3.18. The Kier molecular flexibility index (Phi) is 5.16. The molecule has 1 aliphatic heterocycles. The molecule has 5 rings (SSSR count). The number of fused-ring (bicyclic) bond motifs is 3. The normalized spacial score (nSPS) is 15.2. The fraction of sp³-hybridized carbons (Fsp3) is 0.231. The van der Waals surface area contributed by atoms with Gasteiger partial charge in [-0.25, -0.2) is 4.79 Å². The highest BCUT2D eigenvalue weighted by molar-refractivity contribution is 5.94. The summed E-state index contributed by atoms with van der Waals surface area (Å²) in [6, 6.07) is 23.9. The van der Waals surface area contributed by atoms with E-state index >= 15 is 0 Å². The molecule has 2 N–H and O–H groups in total. The van der Waals surface area contributed by atoms with E-state index < -0.39 is 0 Å². The smallest absolute Gasteiger partial charge is 0.321 e. The molecular formula is C26H25N3O2. The summed E-state index contributed by atoms with van der Waals surface area (Å²) in [4.78, 5) is 26.9. The van der Waals surface area contributed by atoms with Crippen molar-refractivity contribution in [1.82, 2.24) is 10.2 Å². The second-order valence-electron chi connectivity index (χ2n) is 8.24. The van der Waals surface area contributed by atoms with Gasteiger partial charge < -0.3 is 15.5 Å². The van der Waals surface area contributed by atoms with Crippen molar-refractivity contribution in [3.63, 3.8) is 0 Å². The van der Waals surface area contributed by atoms with Gasteiger partial charge in [0, 0.05) is 30.4 Å². The molecule has 3 aromatic carbocycles. The van der Waals surface area contributed by atoms with Crippen molar-refractivity contribution in [1.29, 1.82) is 0 Å². The Morgan fingerprint density at radius 2 is 1.52 bits per heavy atom.